The van der Waals surface area contributed by atoms with Gasteiger partial charge in [0.15, 0.2) is 0 Å². The van der Waals surface area contributed by atoms with E-state index in [0.717, 1.165) is 50.1 Å². The fourth-order valence-electron chi connectivity index (χ4n) is 7.41. The van der Waals surface area contributed by atoms with E-state index in [1.54, 1.807) is 0 Å². The molecule has 0 aliphatic carbocycles. The third-order valence-corrected chi connectivity index (χ3v) is 11.1. The summed E-state index contributed by atoms with van der Waals surface area (Å²) in [6.07, 6.45) is 0. The minimum atomic E-state index is 0.880. The summed E-state index contributed by atoms with van der Waals surface area (Å²) in [6.45, 7) is 0. The van der Waals surface area contributed by atoms with Gasteiger partial charge in [0.1, 0.15) is 11.2 Å². The molecule has 8 aromatic carbocycles. The Morgan fingerprint density at radius 3 is 1.67 bits per heavy atom. The van der Waals surface area contributed by atoms with Crippen LogP contribution in [-0.4, -0.2) is 0 Å². The van der Waals surface area contributed by atoms with Crippen LogP contribution in [0.1, 0.15) is 0 Å². The molecule has 0 N–H and O–H groups in total. The van der Waals surface area contributed by atoms with E-state index in [4.69, 9.17) is 4.42 Å². The predicted octanol–water partition coefficient (Wildman–Crippen LogP) is 14.4. The molecule has 0 spiro atoms. The van der Waals surface area contributed by atoms with Crippen molar-refractivity contribution in [1.82, 2.24) is 0 Å². The molecule has 2 heterocycles. The zero-order valence-electron chi connectivity index (χ0n) is 27.7. The Morgan fingerprint density at radius 1 is 0.392 bits per heavy atom. The molecule has 2 aromatic heterocycles. The SMILES string of the molecule is c1ccc(-c2ccc(-c3ccc(N(c4ccc5sc6ccccc6c5c4)c4ccc(-c5ccccc5)c5oc6ccccc6c45)cc3)cc2)cc1. The maximum Gasteiger partial charge on any atom is 0.145 e. The highest BCUT2D eigenvalue weighted by Crippen LogP contribution is 2.47. The zero-order valence-corrected chi connectivity index (χ0v) is 28.5. The van der Waals surface area contributed by atoms with Gasteiger partial charge in [0.2, 0.25) is 0 Å². The normalized spacial score (nSPS) is 11.5. The molecule has 240 valence electrons. The molecule has 0 atom stereocenters. The number of benzene rings is 8. The van der Waals surface area contributed by atoms with Gasteiger partial charge in [-0.3, -0.25) is 0 Å². The number of fused-ring (bicyclic) bond motifs is 6. The van der Waals surface area contributed by atoms with E-state index in [-0.39, 0.29) is 0 Å². The quantitative estimate of drug-likeness (QED) is 0.175. The van der Waals surface area contributed by atoms with Gasteiger partial charge in [-0.2, -0.15) is 0 Å². The number of anilines is 3. The fourth-order valence-corrected chi connectivity index (χ4v) is 8.50. The summed E-state index contributed by atoms with van der Waals surface area (Å²) in [7, 11) is 0. The maximum atomic E-state index is 6.71. The van der Waals surface area contributed by atoms with E-state index in [0.29, 0.717) is 0 Å². The van der Waals surface area contributed by atoms with Gasteiger partial charge in [-0.15, -0.1) is 11.3 Å². The summed E-state index contributed by atoms with van der Waals surface area (Å²) in [5.41, 5.74) is 12.1. The van der Waals surface area contributed by atoms with E-state index < -0.39 is 0 Å². The van der Waals surface area contributed by atoms with Crippen LogP contribution in [0.2, 0.25) is 0 Å². The highest BCUT2D eigenvalue weighted by atomic mass is 32.1. The average Bonchev–Trinajstić information content (AvgIpc) is 3.78. The third kappa shape index (κ3) is 5.10. The summed E-state index contributed by atoms with van der Waals surface area (Å²) in [5.74, 6) is 0. The summed E-state index contributed by atoms with van der Waals surface area (Å²) in [4.78, 5) is 2.40. The Kier molecular flexibility index (Phi) is 7.04. The second-order valence-corrected chi connectivity index (χ2v) is 14.0. The van der Waals surface area contributed by atoms with Crippen molar-refractivity contribution in [3.8, 4) is 33.4 Å². The largest absolute Gasteiger partial charge is 0.455 e. The van der Waals surface area contributed by atoms with Gasteiger partial charge in [0.05, 0.1) is 11.1 Å². The summed E-state index contributed by atoms with van der Waals surface area (Å²) in [5, 5.41) is 4.75. The van der Waals surface area contributed by atoms with Crippen LogP contribution in [0.5, 0.6) is 0 Å². The van der Waals surface area contributed by atoms with Crippen LogP contribution in [0.15, 0.2) is 192 Å². The molecule has 0 aliphatic rings. The van der Waals surface area contributed by atoms with Crippen molar-refractivity contribution >= 4 is 70.5 Å². The molecule has 0 bridgehead atoms. The van der Waals surface area contributed by atoms with Crippen molar-refractivity contribution < 1.29 is 4.42 Å². The van der Waals surface area contributed by atoms with Crippen molar-refractivity contribution in [2.45, 2.75) is 0 Å². The molecule has 2 nitrogen and oxygen atoms in total. The summed E-state index contributed by atoms with van der Waals surface area (Å²) >= 11 is 1.84. The molecular weight excluding hydrogens is 639 g/mol. The highest BCUT2D eigenvalue weighted by molar-refractivity contribution is 7.25. The molecule has 0 saturated carbocycles. The van der Waals surface area contributed by atoms with E-state index in [2.05, 4.69) is 187 Å². The van der Waals surface area contributed by atoms with Crippen molar-refractivity contribution in [2.75, 3.05) is 4.90 Å². The van der Waals surface area contributed by atoms with Crippen LogP contribution >= 0.6 is 11.3 Å². The summed E-state index contributed by atoms with van der Waals surface area (Å²) in [6, 6.07) is 67.3. The van der Waals surface area contributed by atoms with Gasteiger partial charge in [0, 0.05) is 42.5 Å². The molecule has 0 fully saturated rings. The molecule has 0 amide bonds. The van der Waals surface area contributed by atoms with Crippen molar-refractivity contribution in [3.05, 3.63) is 188 Å². The second-order valence-electron chi connectivity index (χ2n) is 12.9. The van der Waals surface area contributed by atoms with Crippen LogP contribution in [0.3, 0.4) is 0 Å². The lowest BCUT2D eigenvalue weighted by Crippen LogP contribution is -2.10. The molecule has 10 aromatic rings. The zero-order chi connectivity index (χ0) is 33.7. The third-order valence-electron chi connectivity index (χ3n) is 9.90. The van der Waals surface area contributed by atoms with Crippen LogP contribution < -0.4 is 4.90 Å². The van der Waals surface area contributed by atoms with E-state index in [1.807, 2.05) is 17.4 Å². The maximum absolute atomic E-state index is 6.71. The Morgan fingerprint density at radius 2 is 0.941 bits per heavy atom. The van der Waals surface area contributed by atoms with Gasteiger partial charge < -0.3 is 9.32 Å². The first-order valence-electron chi connectivity index (χ1n) is 17.3. The van der Waals surface area contributed by atoms with Crippen LogP contribution in [0.4, 0.5) is 17.1 Å². The van der Waals surface area contributed by atoms with Crippen LogP contribution in [0.25, 0.3) is 75.5 Å². The second kappa shape index (κ2) is 12.2. The lowest BCUT2D eigenvalue weighted by molar-refractivity contribution is 0.670. The first kappa shape index (κ1) is 29.5. The van der Waals surface area contributed by atoms with Crippen molar-refractivity contribution in [2.24, 2.45) is 0 Å². The number of furan rings is 1. The Bertz CT molecular complexity index is 2830. The van der Waals surface area contributed by atoms with E-state index in [9.17, 15) is 0 Å². The van der Waals surface area contributed by atoms with Gasteiger partial charge in [0.25, 0.3) is 0 Å². The molecule has 0 aliphatic heterocycles. The number of para-hydroxylation sites is 1. The standard InChI is InChI=1S/C48H31NOS/c1-3-11-32(12-4-1)33-19-21-34(22-20-33)35-23-25-37(26-24-35)49(38-27-30-46-42(31-38)40-15-8-10-18-45(40)51-46)43-29-28-39(36-13-5-2-6-14-36)48-47(43)41-16-7-9-17-44(41)50-48/h1-31H. The molecule has 10 rings (SSSR count). The Hall–Kier alpha value is -6.42. The molecule has 3 heteroatoms. The Balaban J connectivity index is 1.16. The summed E-state index contributed by atoms with van der Waals surface area (Å²) < 4.78 is 9.29. The Labute approximate surface area is 300 Å². The average molecular weight is 670 g/mol. The molecule has 0 unspecified atom stereocenters. The van der Waals surface area contributed by atoms with Crippen LogP contribution in [0, 0.1) is 0 Å². The predicted molar refractivity (Wildman–Crippen MR) is 218 cm³/mol. The van der Waals surface area contributed by atoms with Gasteiger partial charge in [-0.1, -0.05) is 133 Å². The van der Waals surface area contributed by atoms with Gasteiger partial charge in [-0.25, -0.2) is 0 Å². The number of hydrogen-bond acceptors (Lipinski definition) is 3. The molecule has 0 radical (unpaired) electrons. The first-order chi connectivity index (χ1) is 25.3. The number of nitrogens with zero attached hydrogens (tertiary/aromatic N) is 1. The van der Waals surface area contributed by atoms with E-state index >= 15 is 0 Å². The van der Waals surface area contributed by atoms with Gasteiger partial charge in [-0.05, 0) is 82.4 Å². The van der Waals surface area contributed by atoms with Crippen LogP contribution in [-0.2, 0) is 0 Å². The lowest BCUT2D eigenvalue weighted by Gasteiger charge is -2.27. The fraction of sp³-hybridized carbons (Fsp3) is 0. The van der Waals surface area contributed by atoms with Crippen molar-refractivity contribution in [3.63, 3.8) is 0 Å². The molecule has 0 saturated heterocycles. The number of rotatable bonds is 6. The monoisotopic (exact) mass is 669 g/mol. The lowest BCUT2D eigenvalue weighted by atomic mass is 9.99. The molecular formula is C48H31NOS. The van der Waals surface area contributed by atoms with Crippen molar-refractivity contribution in [1.29, 1.82) is 0 Å². The number of hydrogen-bond donors (Lipinski definition) is 0. The van der Waals surface area contributed by atoms with Gasteiger partial charge >= 0.3 is 0 Å². The smallest absolute Gasteiger partial charge is 0.145 e. The first-order valence-corrected chi connectivity index (χ1v) is 18.1. The minimum Gasteiger partial charge on any atom is -0.455 e. The number of thiophene rings is 1. The van der Waals surface area contributed by atoms with E-state index in [1.165, 1.54) is 42.4 Å². The molecule has 51 heavy (non-hydrogen) atoms. The minimum absolute atomic E-state index is 0.880. The topological polar surface area (TPSA) is 16.4 Å². The highest BCUT2D eigenvalue weighted by Gasteiger charge is 2.23.